The number of amides is 2. The lowest BCUT2D eigenvalue weighted by molar-refractivity contribution is -0.147. The third-order valence-electron chi connectivity index (χ3n) is 4.25. The van der Waals surface area contributed by atoms with Crippen LogP contribution in [0.15, 0.2) is 0 Å². The van der Waals surface area contributed by atoms with Crippen LogP contribution in [0.1, 0.15) is 13.3 Å². The molecule has 2 amide bonds. The number of piperazine rings is 1. The van der Waals surface area contributed by atoms with Crippen LogP contribution < -0.4 is 0 Å². The van der Waals surface area contributed by atoms with Crippen molar-refractivity contribution in [3.8, 4) is 0 Å². The number of hydrogen-bond donors (Lipinski definition) is 0. The summed E-state index contributed by atoms with van der Waals surface area (Å²) < 4.78 is 5.07. The van der Waals surface area contributed by atoms with Crippen molar-refractivity contribution in [2.45, 2.75) is 13.3 Å². The predicted molar refractivity (Wildman–Crippen MR) is 75.3 cm³/mol. The first-order valence-electron chi connectivity index (χ1n) is 7.43. The fourth-order valence-corrected chi connectivity index (χ4v) is 2.95. The molecule has 6 heteroatoms. The van der Waals surface area contributed by atoms with Gasteiger partial charge in [0.1, 0.15) is 0 Å². The first-order chi connectivity index (χ1) is 9.65. The standard InChI is InChI=1S/C14H25N3O3/c1-3-16-6-7-17(11-13(16)18)14(19)12-4-5-15(10-12)8-9-20-2/h12H,3-11H2,1-2H3. The van der Waals surface area contributed by atoms with E-state index < -0.39 is 0 Å². The van der Waals surface area contributed by atoms with Crippen LogP contribution in [-0.2, 0) is 14.3 Å². The summed E-state index contributed by atoms with van der Waals surface area (Å²) in [6, 6.07) is 0. The van der Waals surface area contributed by atoms with Gasteiger partial charge in [0.2, 0.25) is 11.8 Å². The van der Waals surface area contributed by atoms with Gasteiger partial charge in [0, 0.05) is 39.8 Å². The third-order valence-corrected chi connectivity index (χ3v) is 4.25. The molecule has 1 atom stereocenters. The Morgan fingerprint density at radius 3 is 2.80 bits per heavy atom. The van der Waals surface area contributed by atoms with Gasteiger partial charge in [0.15, 0.2) is 0 Å². The first-order valence-corrected chi connectivity index (χ1v) is 7.43. The number of carbonyl (C=O) groups excluding carboxylic acids is 2. The maximum atomic E-state index is 12.5. The topological polar surface area (TPSA) is 53.1 Å². The monoisotopic (exact) mass is 283 g/mol. The van der Waals surface area contributed by atoms with Gasteiger partial charge in [-0.05, 0) is 19.9 Å². The molecule has 6 nitrogen and oxygen atoms in total. The van der Waals surface area contributed by atoms with Gasteiger partial charge in [0.05, 0.1) is 19.1 Å². The fraction of sp³-hybridized carbons (Fsp3) is 0.857. The van der Waals surface area contributed by atoms with Crippen LogP contribution in [0.3, 0.4) is 0 Å². The van der Waals surface area contributed by atoms with Crippen molar-refractivity contribution in [1.82, 2.24) is 14.7 Å². The van der Waals surface area contributed by atoms with Crippen molar-refractivity contribution in [1.29, 1.82) is 0 Å². The maximum Gasteiger partial charge on any atom is 0.242 e. The Labute approximate surface area is 120 Å². The van der Waals surface area contributed by atoms with E-state index in [1.807, 2.05) is 11.8 Å². The minimum absolute atomic E-state index is 0.0489. The van der Waals surface area contributed by atoms with E-state index in [-0.39, 0.29) is 24.3 Å². The number of rotatable bonds is 5. The minimum atomic E-state index is 0.0489. The lowest BCUT2D eigenvalue weighted by atomic mass is 10.1. The summed E-state index contributed by atoms with van der Waals surface area (Å²) in [5.74, 6) is 0.267. The zero-order valence-electron chi connectivity index (χ0n) is 12.5. The van der Waals surface area contributed by atoms with Crippen LogP contribution in [0.25, 0.3) is 0 Å². The molecule has 0 aromatic rings. The van der Waals surface area contributed by atoms with Gasteiger partial charge in [0.25, 0.3) is 0 Å². The highest BCUT2D eigenvalue weighted by molar-refractivity contribution is 5.87. The van der Waals surface area contributed by atoms with Crippen LogP contribution >= 0.6 is 0 Å². The summed E-state index contributed by atoms with van der Waals surface area (Å²) in [7, 11) is 1.69. The summed E-state index contributed by atoms with van der Waals surface area (Å²) in [6.07, 6.45) is 0.894. The molecule has 2 fully saturated rings. The molecule has 2 aliphatic heterocycles. The SMILES string of the molecule is CCN1CCN(C(=O)C2CCN(CCOC)C2)CC1=O. The van der Waals surface area contributed by atoms with E-state index in [1.165, 1.54) is 0 Å². The van der Waals surface area contributed by atoms with Crippen molar-refractivity contribution in [2.24, 2.45) is 5.92 Å². The molecule has 0 radical (unpaired) electrons. The molecule has 20 heavy (non-hydrogen) atoms. The Morgan fingerprint density at radius 1 is 1.35 bits per heavy atom. The Bertz CT molecular complexity index is 362. The van der Waals surface area contributed by atoms with Gasteiger partial charge in [-0.25, -0.2) is 0 Å². The molecular formula is C14H25N3O3. The van der Waals surface area contributed by atoms with E-state index in [0.717, 1.165) is 32.6 Å². The van der Waals surface area contributed by atoms with Crippen molar-refractivity contribution >= 4 is 11.8 Å². The molecule has 0 saturated carbocycles. The highest BCUT2D eigenvalue weighted by Gasteiger charge is 2.34. The number of carbonyl (C=O) groups is 2. The molecule has 1 unspecified atom stereocenters. The van der Waals surface area contributed by atoms with E-state index in [9.17, 15) is 9.59 Å². The average Bonchev–Trinajstić information content (AvgIpc) is 2.93. The van der Waals surface area contributed by atoms with Crippen LogP contribution in [0.4, 0.5) is 0 Å². The zero-order valence-corrected chi connectivity index (χ0v) is 12.5. The van der Waals surface area contributed by atoms with E-state index in [0.29, 0.717) is 19.7 Å². The average molecular weight is 283 g/mol. The molecule has 114 valence electrons. The number of nitrogens with zero attached hydrogens (tertiary/aromatic N) is 3. The number of likely N-dealkylation sites (tertiary alicyclic amines) is 1. The highest BCUT2D eigenvalue weighted by Crippen LogP contribution is 2.19. The normalized spacial score (nSPS) is 24.5. The number of ether oxygens (including phenoxy) is 1. The Morgan fingerprint density at radius 2 is 2.15 bits per heavy atom. The lowest BCUT2D eigenvalue weighted by Gasteiger charge is -2.35. The quantitative estimate of drug-likeness (QED) is 0.692. The van der Waals surface area contributed by atoms with Crippen LogP contribution in [0, 0.1) is 5.92 Å². The second kappa shape index (κ2) is 7.04. The van der Waals surface area contributed by atoms with Gasteiger partial charge in [-0.3, -0.25) is 9.59 Å². The molecule has 2 saturated heterocycles. The van der Waals surface area contributed by atoms with Gasteiger partial charge >= 0.3 is 0 Å². The summed E-state index contributed by atoms with van der Waals surface area (Å²) in [5, 5.41) is 0. The molecule has 2 heterocycles. The molecule has 2 rings (SSSR count). The minimum Gasteiger partial charge on any atom is -0.383 e. The zero-order chi connectivity index (χ0) is 14.5. The fourth-order valence-electron chi connectivity index (χ4n) is 2.95. The second-order valence-corrected chi connectivity index (χ2v) is 5.51. The summed E-state index contributed by atoms with van der Waals surface area (Å²) in [6.45, 7) is 7.62. The van der Waals surface area contributed by atoms with E-state index in [1.54, 1.807) is 12.0 Å². The Kier molecular flexibility index (Phi) is 5.37. The first kappa shape index (κ1) is 15.3. The Balaban J connectivity index is 1.82. The van der Waals surface area contributed by atoms with Crippen molar-refractivity contribution in [2.75, 3.05) is 59.5 Å². The highest BCUT2D eigenvalue weighted by atomic mass is 16.5. The molecule has 0 spiro atoms. The second-order valence-electron chi connectivity index (χ2n) is 5.51. The molecule has 0 aromatic heterocycles. The van der Waals surface area contributed by atoms with E-state index in [2.05, 4.69) is 4.90 Å². The van der Waals surface area contributed by atoms with Crippen molar-refractivity contribution < 1.29 is 14.3 Å². The summed E-state index contributed by atoms with van der Waals surface area (Å²) in [4.78, 5) is 30.1. The van der Waals surface area contributed by atoms with Crippen molar-refractivity contribution in [3.63, 3.8) is 0 Å². The van der Waals surface area contributed by atoms with Crippen LogP contribution in [0.2, 0.25) is 0 Å². The van der Waals surface area contributed by atoms with E-state index in [4.69, 9.17) is 4.74 Å². The summed E-state index contributed by atoms with van der Waals surface area (Å²) in [5.41, 5.74) is 0. The lowest BCUT2D eigenvalue weighted by Crippen LogP contribution is -2.53. The molecule has 0 N–H and O–H groups in total. The van der Waals surface area contributed by atoms with Crippen LogP contribution in [-0.4, -0.2) is 86.0 Å². The third kappa shape index (κ3) is 3.49. The van der Waals surface area contributed by atoms with Crippen molar-refractivity contribution in [3.05, 3.63) is 0 Å². The predicted octanol–water partition coefficient (Wildman–Crippen LogP) is -0.355. The van der Waals surface area contributed by atoms with Gasteiger partial charge in [-0.2, -0.15) is 0 Å². The largest absolute Gasteiger partial charge is 0.383 e. The van der Waals surface area contributed by atoms with E-state index >= 15 is 0 Å². The van der Waals surface area contributed by atoms with Crippen LogP contribution in [0.5, 0.6) is 0 Å². The smallest absolute Gasteiger partial charge is 0.242 e. The number of hydrogen-bond acceptors (Lipinski definition) is 4. The van der Waals surface area contributed by atoms with Gasteiger partial charge in [-0.1, -0.05) is 0 Å². The number of methoxy groups -OCH3 is 1. The maximum absolute atomic E-state index is 12.5. The molecule has 2 aliphatic rings. The molecular weight excluding hydrogens is 258 g/mol. The Hall–Kier alpha value is -1.14. The number of likely N-dealkylation sites (N-methyl/N-ethyl adjacent to an activating group) is 1. The molecule has 0 bridgehead atoms. The van der Waals surface area contributed by atoms with Gasteiger partial charge < -0.3 is 19.4 Å². The molecule has 0 aliphatic carbocycles. The summed E-state index contributed by atoms with van der Waals surface area (Å²) >= 11 is 0. The van der Waals surface area contributed by atoms with Gasteiger partial charge in [-0.15, -0.1) is 0 Å². The molecule has 0 aromatic carbocycles.